The third kappa shape index (κ3) is 4.51. The molecule has 66 valence electrons. The molecule has 3 nitrogen and oxygen atoms in total. The van der Waals surface area contributed by atoms with Crippen molar-refractivity contribution in [2.75, 3.05) is 6.54 Å². The van der Waals surface area contributed by atoms with Crippen LogP contribution in [0.4, 0.5) is 0 Å². The Hall–Kier alpha value is -1.30. The topological polar surface area (TPSA) is 52.9 Å². The highest BCUT2D eigenvalue weighted by Crippen LogP contribution is 1.91. The summed E-state index contributed by atoms with van der Waals surface area (Å²) in [7, 11) is 0. The molecule has 0 radical (unpaired) electrons. The molecule has 0 aromatic heterocycles. The molecule has 0 spiro atoms. The van der Waals surface area contributed by atoms with Gasteiger partial charge in [0, 0.05) is 12.7 Å². The van der Waals surface area contributed by atoms with E-state index in [0.29, 0.717) is 0 Å². The van der Waals surface area contributed by atoms with Crippen molar-refractivity contribution < 1.29 is 4.79 Å². The predicted molar refractivity (Wildman–Crippen MR) is 47.3 cm³/mol. The fraction of sp³-hybridized carbons (Fsp3) is 0.556. The van der Waals surface area contributed by atoms with Crippen LogP contribution < -0.4 is 5.32 Å². The number of carbonyl (C=O) groups is 1. The second kappa shape index (κ2) is 6.41. The molecule has 0 rings (SSSR count). The van der Waals surface area contributed by atoms with E-state index in [1.165, 1.54) is 13.1 Å². The first-order valence-electron chi connectivity index (χ1n) is 4.07. The Balaban J connectivity index is 3.81. The number of Topliss-reactive ketones (excluding diaryl/α,β-unsaturated/α-hetero) is 1. The standard InChI is InChI=1S/C9H14N2O/c1-3-4-5-11-7-9(6-10)8(2)12/h7,11H,3-5H2,1-2H3/b9-7-. The van der Waals surface area contributed by atoms with E-state index in [-0.39, 0.29) is 11.4 Å². The van der Waals surface area contributed by atoms with Crippen LogP contribution in [0, 0.1) is 11.3 Å². The molecule has 0 fully saturated rings. The van der Waals surface area contributed by atoms with Crippen molar-refractivity contribution in [3.05, 3.63) is 11.8 Å². The number of allylic oxidation sites excluding steroid dienone is 1. The van der Waals surface area contributed by atoms with Gasteiger partial charge in [-0.15, -0.1) is 0 Å². The van der Waals surface area contributed by atoms with Crippen LogP contribution in [0.3, 0.4) is 0 Å². The molecule has 0 unspecified atom stereocenters. The van der Waals surface area contributed by atoms with Gasteiger partial charge in [0.15, 0.2) is 5.78 Å². The van der Waals surface area contributed by atoms with Crippen LogP contribution in [0.5, 0.6) is 0 Å². The molecular weight excluding hydrogens is 152 g/mol. The van der Waals surface area contributed by atoms with Gasteiger partial charge in [0.2, 0.25) is 0 Å². The zero-order chi connectivity index (χ0) is 9.40. The first-order chi connectivity index (χ1) is 5.72. The number of carbonyl (C=O) groups excluding carboxylic acids is 1. The number of nitriles is 1. The maximum atomic E-state index is 10.7. The van der Waals surface area contributed by atoms with E-state index in [1.54, 1.807) is 0 Å². The van der Waals surface area contributed by atoms with E-state index < -0.39 is 0 Å². The highest BCUT2D eigenvalue weighted by atomic mass is 16.1. The first-order valence-corrected chi connectivity index (χ1v) is 4.07. The monoisotopic (exact) mass is 166 g/mol. The van der Waals surface area contributed by atoms with Gasteiger partial charge < -0.3 is 5.32 Å². The largest absolute Gasteiger partial charge is 0.390 e. The van der Waals surface area contributed by atoms with Gasteiger partial charge in [-0.25, -0.2) is 0 Å². The van der Waals surface area contributed by atoms with Gasteiger partial charge in [-0.1, -0.05) is 13.3 Å². The second-order valence-electron chi connectivity index (χ2n) is 2.53. The van der Waals surface area contributed by atoms with Crippen molar-refractivity contribution in [2.45, 2.75) is 26.7 Å². The van der Waals surface area contributed by atoms with Gasteiger partial charge in [0.25, 0.3) is 0 Å². The quantitative estimate of drug-likeness (QED) is 0.381. The van der Waals surface area contributed by atoms with Crippen molar-refractivity contribution in [2.24, 2.45) is 0 Å². The summed E-state index contributed by atoms with van der Waals surface area (Å²) >= 11 is 0. The van der Waals surface area contributed by atoms with Gasteiger partial charge >= 0.3 is 0 Å². The maximum Gasteiger partial charge on any atom is 0.171 e. The summed E-state index contributed by atoms with van der Waals surface area (Å²) in [6.07, 6.45) is 3.63. The van der Waals surface area contributed by atoms with E-state index in [2.05, 4.69) is 12.2 Å². The molecule has 0 atom stereocenters. The highest BCUT2D eigenvalue weighted by Gasteiger charge is 1.99. The van der Waals surface area contributed by atoms with Gasteiger partial charge in [0.1, 0.15) is 11.6 Å². The third-order valence-electron chi connectivity index (χ3n) is 1.42. The summed E-state index contributed by atoms with van der Waals surface area (Å²) in [4.78, 5) is 10.7. The van der Waals surface area contributed by atoms with Crippen molar-refractivity contribution in [3.63, 3.8) is 0 Å². The van der Waals surface area contributed by atoms with Crippen LogP contribution in [0.15, 0.2) is 11.8 Å². The minimum absolute atomic E-state index is 0.186. The Bertz CT molecular complexity index is 213. The lowest BCUT2D eigenvalue weighted by Crippen LogP contribution is -2.09. The molecule has 0 heterocycles. The van der Waals surface area contributed by atoms with E-state index >= 15 is 0 Å². The average molecular weight is 166 g/mol. The molecule has 0 aliphatic heterocycles. The van der Waals surface area contributed by atoms with Crippen molar-refractivity contribution in [1.82, 2.24) is 5.32 Å². The Morgan fingerprint density at radius 2 is 2.33 bits per heavy atom. The molecule has 0 saturated heterocycles. The predicted octanol–water partition coefficient (Wildman–Crippen LogP) is 1.37. The lowest BCUT2D eigenvalue weighted by molar-refractivity contribution is -0.113. The highest BCUT2D eigenvalue weighted by molar-refractivity contribution is 5.96. The van der Waals surface area contributed by atoms with Gasteiger partial charge in [-0.05, 0) is 13.3 Å². The minimum atomic E-state index is -0.193. The molecule has 3 heteroatoms. The van der Waals surface area contributed by atoms with E-state index in [9.17, 15) is 4.79 Å². The van der Waals surface area contributed by atoms with Crippen LogP contribution in [-0.2, 0) is 4.79 Å². The summed E-state index contributed by atoms with van der Waals surface area (Å²) in [6.45, 7) is 4.28. The number of rotatable bonds is 5. The van der Waals surface area contributed by atoms with Crippen molar-refractivity contribution in [1.29, 1.82) is 5.26 Å². The Morgan fingerprint density at radius 3 is 2.75 bits per heavy atom. The molecule has 0 amide bonds. The van der Waals surface area contributed by atoms with Crippen LogP contribution in [0.1, 0.15) is 26.7 Å². The fourth-order valence-corrected chi connectivity index (χ4v) is 0.666. The van der Waals surface area contributed by atoms with Crippen LogP contribution in [-0.4, -0.2) is 12.3 Å². The van der Waals surface area contributed by atoms with Crippen LogP contribution in [0.25, 0.3) is 0 Å². The summed E-state index contributed by atoms with van der Waals surface area (Å²) in [6, 6.07) is 1.83. The second-order valence-corrected chi connectivity index (χ2v) is 2.53. The van der Waals surface area contributed by atoms with Crippen LogP contribution in [0.2, 0.25) is 0 Å². The number of unbranched alkanes of at least 4 members (excludes halogenated alkanes) is 1. The molecule has 0 aromatic rings. The number of nitrogens with one attached hydrogen (secondary N) is 1. The van der Waals surface area contributed by atoms with Gasteiger partial charge in [-0.3, -0.25) is 4.79 Å². The normalized spacial score (nSPS) is 10.6. The smallest absolute Gasteiger partial charge is 0.171 e. The SMILES string of the molecule is CCCCN/C=C(/C#N)C(C)=O. The first kappa shape index (κ1) is 10.7. The fourth-order valence-electron chi connectivity index (χ4n) is 0.666. The Labute approximate surface area is 73.1 Å². The zero-order valence-corrected chi connectivity index (χ0v) is 7.55. The van der Waals surface area contributed by atoms with E-state index in [0.717, 1.165) is 19.4 Å². The average Bonchev–Trinajstić information content (AvgIpc) is 2.04. The Morgan fingerprint density at radius 1 is 1.67 bits per heavy atom. The lowest BCUT2D eigenvalue weighted by Gasteiger charge is -1.97. The molecule has 0 bridgehead atoms. The molecular formula is C9H14N2O. The van der Waals surface area contributed by atoms with E-state index in [1.807, 2.05) is 6.07 Å². The van der Waals surface area contributed by atoms with Gasteiger partial charge in [-0.2, -0.15) is 5.26 Å². The number of ketones is 1. The number of hydrogen-bond acceptors (Lipinski definition) is 3. The zero-order valence-electron chi connectivity index (χ0n) is 7.55. The molecule has 0 saturated carbocycles. The number of hydrogen-bond donors (Lipinski definition) is 1. The molecule has 12 heavy (non-hydrogen) atoms. The summed E-state index contributed by atoms with van der Waals surface area (Å²) in [5.41, 5.74) is 0.186. The van der Waals surface area contributed by atoms with Gasteiger partial charge in [0.05, 0.1) is 0 Å². The molecule has 0 aliphatic rings. The summed E-state index contributed by atoms with van der Waals surface area (Å²) < 4.78 is 0. The third-order valence-corrected chi connectivity index (χ3v) is 1.42. The summed E-state index contributed by atoms with van der Waals surface area (Å²) in [5, 5.41) is 11.4. The minimum Gasteiger partial charge on any atom is -0.390 e. The Kier molecular flexibility index (Phi) is 5.72. The van der Waals surface area contributed by atoms with E-state index in [4.69, 9.17) is 5.26 Å². The molecule has 0 aliphatic carbocycles. The number of nitrogens with zero attached hydrogens (tertiary/aromatic N) is 1. The maximum absolute atomic E-state index is 10.7. The summed E-state index contributed by atoms with van der Waals surface area (Å²) in [5.74, 6) is -0.193. The lowest BCUT2D eigenvalue weighted by atomic mass is 10.2. The van der Waals surface area contributed by atoms with Crippen molar-refractivity contribution >= 4 is 5.78 Å². The van der Waals surface area contributed by atoms with Crippen LogP contribution >= 0.6 is 0 Å². The molecule has 1 N–H and O–H groups in total. The molecule has 0 aromatic carbocycles. The van der Waals surface area contributed by atoms with Crippen molar-refractivity contribution in [3.8, 4) is 6.07 Å².